The van der Waals surface area contributed by atoms with E-state index in [0.717, 1.165) is 50.5 Å². The van der Waals surface area contributed by atoms with Crippen molar-refractivity contribution < 1.29 is 28.5 Å². The number of nitrogens with zero attached hydrogens (tertiary/aromatic N) is 5. The number of carbonyl (C=O) groups is 1. The van der Waals surface area contributed by atoms with Gasteiger partial charge in [-0.25, -0.2) is 19.2 Å². The molecule has 0 aliphatic carbocycles. The number of aromatic nitrogens is 3. The number of ether oxygens (including phenoxy) is 3. The van der Waals surface area contributed by atoms with Gasteiger partial charge in [0.2, 0.25) is 5.88 Å². The SMILES string of the molecule is COC(=O)c1cc(O)c2nc(CN3CCC(c4cccc(OCc5ccc(C#N)cc5F)n4)CC3)n(C[C@@H]3CCO3)c2c1. The summed E-state index contributed by atoms with van der Waals surface area (Å²) in [6.07, 6.45) is 2.81. The molecule has 2 aromatic carbocycles. The van der Waals surface area contributed by atoms with E-state index in [1.54, 1.807) is 24.3 Å². The second-order valence-electron chi connectivity index (χ2n) is 10.9. The van der Waals surface area contributed by atoms with Crippen molar-refractivity contribution in [1.29, 1.82) is 5.26 Å². The van der Waals surface area contributed by atoms with Gasteiger partial charge in [-0.2, -0.15) is 5.26 Å². The van der Waals surface area contributed by atoms with E-state index in [1.165, 1.54) is 19.2 Å². The summed E-state index contributed by atoms with van der Waals surface area (Å²) >= 11 is 0. The number of aromatic hydroxyl groups is 1. The highest BCUT2D eigenvalue weighted by Crippen LogP contribution is 2.32. The van der Waals surface area contributed by atoms with Crippen LogP contribution in [0.15, 0.2) is 48.5 Å². The van der Waals surface area contributed by atoms with Crippen LogP contribution in [0, 0.1) is 17.1 Å². The smallest absolute Gasteiger partial charge is 0.338 e. The van der Waals surface area contributed by atoms with Crippen LogP contribution in [0.2, 0.25) is 0 Å². The fraction of sp³-hybridized carbons (Fsp3) is 0.375. The third-order valence-corrected chi connectivity index (χ3v) is 8.19. The first-order valence-corrected chi connectivity index (χ1v) is 14.3. The maximum Gasteiger partial charge on any atom is 0.338 e. The number of nitriles is 1. The normalized spacial score (nSPS) is 17.4. The molecular formula is C32H32FN5O5. The Bertz CT molecular complexity index is 1690. The first-order valence-electron chi connectivity index (χ1n) is 14.3. The molecule has 43 heavy (non-hydrogen) atoms. The minimum atomic E-state index is -0.516. The Hall–Kier alpha value is -4.53. The Morgan fingerprint density at radius 1 is 1.16 bits per heavy atom. The lowest BCUT2D eigenvalue weighted by Gasteiger charge is -2.32. The number of rotatable bonds is 9. The number of phenols is 1. The lowest BCUT2D eigenvalue weighted by molar-refractivity contribution is -0.0592. The Labute approximate surface area is 248 Å². The topological polar surface area (TPSA) is 123 Å². The average molecular weight is 586 g/mol. The van der Waals surface area contributed by atoms with Gasteiger partial charge in [0.25, 0.3) is 0 Å². The van der Waals surface area contributed by atoms with Crippen molar-refractivity contribution in [3.8, 4) is 17.7 Å². The zero-order chi connectivity index (χ0) is 29.9. The van der Waals surface area contributed by atoms with Crippen LogP contribution in [0.4, 0.5) is 4.39 Å². The standard InChI is InChI=1S/C32H32FN5O5/c1-41-32(40)23-14-27-31(28(39)15-23)36-29(38(27)17-24-9-12-42-24)18-37-10-7-21(8-11-37)26-3-2-4-30(35-26)43-19-22-6-5-20(16-34)13-25(22)33/h2-6,13-15,21,24,39H,7-12,17-19H2,1H3/t24-/m0/s1. The van der Waals surface area contributed by atoms with Gasteiger partial charge in [0.15, 0.2) is 0 Å². The van der Waals surface area contributed by atoms with Gasteiger partial charge in [0.05, 0.1) is 49.0 Å². The van der Waals surface area contributed by atoms with Crippen molar-refractivity contribution in [1.82, 2.24) is 19.4 Å². The fourth-order valence-corrected chi connectivity index (χ4v) is 5.66. The molecular weight excluding hydrogens is 553 g/mol. The molecule has 1 atom stereocenters. The van der Waals surface area contributed by atoms with E-state index in [4.69, 9.17) is 29.4 Å². The summed E-state index contributed by atoms with van der Waals surface area (Å²) in [6.45, 7) is 3.59. The van der Waals surface area contributed by atoms with Crippen LogP contribution in [0.25, 0.3) is 11.0 Å². The zero-order valence-corrected chi connectivity index (χ0v) is 23.8. The molecule has 10 nitrogen and oxygen atoms in total. The molecule has 11 heteroatoms. The molecule has 2 fully saturated rings. The Morgan fingerprint density at radius 3 is 2.67 bits per heavy atom. The van der Waals surface area contributed by atoms with Gasteiger partial charge in [0, 0.05) is 29.8 Å². The number of imidazole rings is 1. The van der Waals surface area contributed by atoms with Crippen molar-refractivity contribution >= 4 is 17.0 Å². The second-order valence-corrected chi connectivity index (χ2v) is 10.9. The van der Waals surface area contributed by atoms with Gasteiger partial charge < -0.3 is 23.9 Å². The summed E-state index contributed by atoms with van der Waals surface area (Å²) in [5, 5.41) is 19.6. The van der Waals surface area contributed by atoms with E-state index >= 15 is 0 Å². The third-order valence-electron chi connectivity index (χ3n) is 8.19. The van der Waals surface area contributed by atoms with Crippen LogP contribution in [0.1, 0.15) is 58.2 Å². The van der Waals surface area contributed by atoms with Crippen LogP contribution in [0.5, 0.6) is 11.6 Å². The molecule has 0 unspecified atom stereocenters. The summed E-state index contributed by atoms with van der Waals surface area (Å²) in [5.41, 5.74) is 2.98. The monoisotopic (exact) mass is 585 g/mol. The van der Waals surface area contributed by atoms with Crippen molar-refractivity contribution in [2.75, 3.05) is 26.8 Å². The van der Waals surface area contributed by atoms with E-state index in [-0.39, 0.29) is 35.5 Å². The van der Waals surface area contributed by atoms with E-state index in [2.05, 4.69) is 9.47 Å². The van der Waals surface area contributed by atoms with E-state index in [1.807, 2.05) is 18.2 Å². The van der Waals surface area contributed by atoms with Crippen LogP contribution >= 0.6 is 0 Å². The number of piperidine rings is 1. The second kappa shape index (κ2) is 12.4. The molecule has 2 aliphatic heterocycles. The first-order chi connectivity index (χ1) is 20.9. The molecule has 2 aromatic heterocycles. The maximum absolute atomic E-state index is 14.3. The minimum Gasteiger partial charge on any atom is -0.506 e. The van der Waals surface area contributed by atoms with Crippen molar-refractivity contribution in [3.63, 3.8) is 0 Å². The minimum absolute atomic E-state index is 0.0238. The van der Waals surface area contributed by atoms with Crippen molar-refractivity contribution in [3.05, 3.63) is 82.6 Å². The van der Waals surface area contributed by atoms with Crippen LogP contribution in [-0.2, 0) is 29.2 Å². The Balaban J connectivity index is 1.12. The highest BCUT2D eigenvalue weighted by atomic mass is 19.1. The summed E-state index contributed by atoms with van der Waals surface area (Å²) in [5.74, 6) is 0.446. The largest absolute Gasteiger partial charge is 0.506 e. The molecule has 1 N–H and O–H groups in total. The number of carbonyl (C=O) groups excluding carboxylic acids is 1. The van der Waals surface area contributed by atoms with Crippen molar-refractivity contribution in [2.24, 2.45) is 0 Å². The molecule has 0 spiro atoms. The quantitative estimate of drug-likeness (QED) is 0.279. The maximum atomic E-state index is 14.3. The molecule has 4 heterocycles. The number of halogens is 1. The summed E-state index contributed by atoms with van der Waals surface area (Å²) in [6, 6.07) is 15.0. The van der Waals surface area contributed by atoms with E-state index in [9.17, 15) is 14.3 Å². The molecule has 222 valence electrons. The molecule has 2 aliphatic rings. The summed E-state index contributed by atoms with van der Waals surface area (Å²) < 4.78 is 32.7. The number of esters is 1. The van der Waals surface area contributed by atoms with Crippen LogP contribution < -0.4 is 4.74 Å². The van der Waals surface area contributed by atoms with E-state index in [0.29, 0.717) is 35.6 Å². The first kappa shape index (κ1) is 28.6. The molecule has 0 amide bonds. The number of hydrogen-bond acceptors (Lipinski definition) is 9. The van der Waals surface area contributed by atoms with E-state index < -0.39 is 11.8 Å². The van der Waals surface area contributed by atoms with Gasteiger partial charge in [-0.15, -0.1) is 0 Å². The van der Waals surface area contributed by atoms with Gasteiger partial charge in [-0.3, -0.25) is 4.90 Å². The van der Waals surface area contributed by atoms with Crippen molar-refractivity contribution in [2.45, 2.75) is 51.0 Å². The molecule has 0 bridgehead atoms. The number of hydrogen-bond donors (Lipinski definition) is 1. The molecule has 0 saturated carbocycles. The molecule has 4 aromatic rings. The Kier molecular flexibility index (Phi) is 8.22. The highest BCUT2D eigenvalue weighted by Gasteiger charge is 2.27. The number of methoxy groups -OCH3 is 1. The lowest BCUT2D eigenvalue weighted by atomic mass is 9.93. The predicted molar refractivity (Wildman–Crippen MR) is 154 cm³/mol. The summed E-state index contributed by atoms with van der Waals surface area (Å²) in [4.78, 5) is 24.0. The Morgan fingerprint density at radius 2 is 1.98 bits per heavy atom. The number of benzene rings is 2. The van der Waals surface area contributed by atoms with Gasteiger partial charge >= 0.3 is 5.97 Å². The van der Waals surface area contributed by atoms with Crippen LogP contribution in [-0.4, -0.2) is 63.4 Å². The number of pyridine rings is 1. The number of fused-ring (bicyclic) bond motifs is 1. The third kappa shape index (κ3) is 6.16. The van der Waals surface area contributed by atoms with Gasteiger partial charge in [-0.1, -0.05) is 12.1 Å². The van der Waals surface area contributed by atoms with Gasteiger partial charge in [-0.05, 0) is 62.7 Å². The van der Waals surface area contributed by atoms with Gasteiger partial charge in [0.1, 0.15) is 29.5 Å². The molecule has 0 radical (unpaired) electrons. The fourth-order valence-electron chi connectivity index (χ4n) is 5.66. The number of phenolic OH excluding ortho intramolecular Hbond substituents is 1. The summed E-state index contributed by atoms with van der Waals surface area (Å²) in [7, 11) is 1.32. The average Bonchev–Trinajstić information content (AvgIpc) is 3.35. The number of likely N-dealkylation sites (tertiary alicyclic amines) is 1. The zero-order valence-electron chi connectivity index (χ0n) is 23.8. The highest BCUT2D eigenvalue weighted by molar-refractivity contribution is 5.96. The molecule has 2 saturated heterocycles. The predicted octanol–water partition coefficient (Wildman–Crippen LogP) is 4.68. The van der Waals surface area contributed by atoms with Crippen LogP contribution in [0.3, 0.4) is 0 Å². The lowest BCUT2D eigenvalue weighted by Crippen LogP contribution is -2.35. The molecule has 6 rings (SSSR count).